The Morgan fingerprint density at radius 3 is 2.66 bits per heavy atom. The van der Waals surface area contributed by atoms with Gasteiger partial charge in [0, 0.05) is 71.7 Å². The molecule has 6 rings (SSSR count). The molecular formula is C29H38N8O3Si. The Hall–Kier alpha value is -3.90. The molecule has 0 spiro atoms. The maximum Gasteiger partial charge on any atom is 0.278 e. The lowest BCUT2D eigenvalue weighted by atomic mass is 9.99. The van der Waals surface area contributed by atoms with Crippen molar-refractivity contribution in [3.63, 3.8) is 0 Å². The number of benzene rings is 1. The number of amides is 1. The van der Waals surface area contributed by atoms with Crippen LogP contribution in [0, 0.1) is 5.92 Å². The van der Waals surface area contributed by atoms with Gasteiger partial charge in [0.2, 0.25) is 5.91 Å². The van der Waals surface area contributed by atoms with E-state index in [1.165, 1.54) is 4.68 Å². The van der Waals surface area contributed by atoms with Crippen molar-refractivity contribution in [3.8, 4) is 11.3 Å². The summed E-state index contributed by atoms with van der Waals surface area (Å²) < 4.78 is 11.1. The number of nitrogens with zero attached hydrogens (tertiary/aromatic N) is 6. The first kappa shape index (κ1) is 27.3. The van der Waals surface area contributed by atoms with Crippen LogP contribution in [-0.4, -0.2) is 51.8 Å². The van der Waals surface area contributed by atoms with Crippen LogP contribution in [0.3, 0.4) is 0 Å². The molecule has 1 amide bonds. The third kappa shape index (κ3) is 5.29. The van der Waals surface area contributed by atoms with Gasteiger partial charge >= 0.3 is 0 Å². The molecule has 1 fully saturated rings. The molecule has 11 nitrogen and oxygen atoms in total. The molecule has 0 unspecified atom stereocenters. The Bertz CT molecular complexity index is 1710. The molecule has 41 heavy (non-hydrogen) atoms. The number of aromatic nitrogens is 5. The van der Waals surface area contributed by atoms with Gasteiger partial charge in [-0.1, -0.05) is 31.8 Å². The summed E-state index contributed by atoms with van der Waals surface area (Å²) in [6, 6.07) is 8.84. The summed E-state index contributed by atoms with van der Waals surface area (Å²) in [6.07, 6.45) is 3.82. The minimum absolute atomic E-state index is 0.0223. The second-order valence-electron chi connectivity index (χ2n) is 12.5. The Morgan fingerprint density at radius 2 is 1.93 bits per heavy atom. The van der Waals surface area contributed by atoms with Gasteiger partial charge in [-0.2, -0.15) is 5.10 Å². The maximum atomic E-state index is 13.6. The Kier molecular flexibility index (Phi) is 6.77. The molecule has 2 aliphatic rings. The normalized spacial score (nSPS) is 14.7. The number of pyridine rings is 1. The predicted octanol–water partition coefficient (Wildman–Crippen LogP) is 4.49. The van der Waals surface area contributed by atoms with E-state index in [-0.39, 0.29) is 24.1 Å². The molecule has 0 radical (unpaired) electrons. The second-order valence-corrected chi connectivity index (χ2v) is 18.1. The molecule has 0 saturated heterocycles. The Labute approximate surface area is 240 Å². The lowest BCUT2D eigenvalue weighted by molar-refractivity contribution is -0.117. The van der Waals surface area contributed by atoms with Crippen LogP contribution in [0.25, 0.3) is 22.3 Å². The second kappa shape index (κ2) is 10.2. The smallest absolute Gasteiger partial charge is 0.278 e. The molecule has 1 aliphatic heterocycles. The van der Waals surface area contributed by atoms with Crippen LogP contribution in [-0.2, 0) is 36.9 Å². The van der Waals surface area contributed by atoms with Crippen LogP contribution in [0.15, 0.2) is 35.3 Å². The third-order valence-electron chi connectivity index (χ3n) is 7.78. The highest BCUT2D eigenvalue weighted by Gasteiger charge is 2.31. The van der Waals surface area contributed by atoms with Crippen LogP contribution in [0.5, 0.6) is 0 Å². The Morgan fingerprint density at radius 1 is 1.15 bits per heavy atom. The summed E-state index contributed by atoms with van der Waals surface area (Å²) in [7, 11) is 4.44. The van der Waals surface area contributed by atoms with Gasteiger partial charge in [0.05, 0.1) is 22.8 Å². The van der Waals surface area contributed by atoms with Crippen molar-refractivity contribution in [2.24, 2.45) is 20.0 Å². The van der Waals surface area contributed by atoms with E-state index in [2.05, 4.69) is 48.3 Å². The largest absolute Gasteiger partial charge is 0.368 e. The van der Waals surface area contributed by atoms with Crippen LogP contribution in [0.4, 0.5) is 22.9 Å². The minimum Gasteiger partial charge on any atom is -0.368 e. The highest BCUT2D eigenvalue weighted by atomic mass is 28.3. The molecule has 2 N–H and O–H groups in total. The van der Waals surface area contributed by atoms with E-state index in [4.69, 9.17) is 14.8 Å². The molecule has 1 aliphatic carbocycles. The molecule has 216 valence electrons. The fraction of sp³-hybridized carbons (Fsp3) is 0.448. The highest BCUT2D eigenvalue weighted by Crippen LogP contribution is 2.43. The molecule has 1 aromatic carbocycles. The van der Waals surface area contributed by atoms with E-state index in [1.807, 2.05) is 30.1 Å². The van der Waals surface area contributed by atoms with E-state index in [1.54, 1.807) is 17.8 Å². The van der Waals surface area contributed by atoms with Gasteiger partial charge in [0.25, 0.3) is 5.56 Å². The van der Waals surface area contributed by atoms with Gasteiger partial charge in [-0.15, -0.1) is 0 Å². The summed E-state index contributed by atoms with van der Waals surface area (Å²) in [6.45, 7) is 8.44. The average molecular weight is 575 g/mol. The fourth-order valence-electron chi connectivity index (χ4n) is 5.36. The van der Waals surface area contributed by atoms with Crippen molar-refractivity contribution in [2.45, 2.75) is 51.8 Å². The first-order valence-electron chi connectivity index (χ1n) is 14.1. The fourth-order valence-corrected chi connectivity index (χ4v) is 6.12. The maximum absolute atomic E-state index is 13.6. The zero-order chi connectivity index (χ0) is 29.1. The zero-order valence-electron chi connectivity index (χ0n) is 24.6. The van der Waals surface area contributed by atoms with Gasteiger partial charge in [0.1, 0.15) is 17.9 Å². The summed E-state index contributed by atoms with van der Waals surface area (Å²) >= 11 is 0. The molecule has 4 aromatic rings. The number of anilines is 4. The summed E-state index contributed by atoms with van der Waals surface area (Å²) in [4.78, 5) is 33.3. The number of carbonyl (C=O) groups excluding carboxylic acids is 1. The number of carbonyl (C=O) groups is 1. The van der Waals surface area contributed by atoms with Gasteiger partial charge < -0.3 is 20.3 Å². The van der Waals surface area contributed by atoms with Crippen LogP contribution >= 0.6 is 0 Å². The zero-order valence-corrected chi connectivity index (χ0v) is 25.6. The molecule has 1 saturated carbocycles. The van der Waals surface area contributed by atoms with Crippen molar-refractivity contribution in [2.75, 3.05) is 29.2 Å². The molecule has 3 aromatic heterocycles. The monoisotopic (exact) mass is 574 g/mol. The van der Waals surface area contributed by atoms with Crippen LogP contribution in [0.1, 0.15) is 18.4 Å². The van der Waals surface area contributed by atoms with Crippen molar-refractivity contribution in [1.82, 2.24) is 24.1 Å². The van der Waals surface area contributed by atoms with Gasteiger partial charge in [-0.05, 0) is 25.0 Å². The number of para-hydroxylation sites is 1. The van der Waals surface area contributed by atoms with Gasteiger partial charge in [-0.25, -0.2) is 14.3 Å². The number of nitrogens with one attached hydrogen (secondary N) is 2. The van der Waals surface area contributed by atoms with Crippen molar-refractivity contribution < 1.29 is 9.53 Å². The summed E-state index contributed by atoms with van der Waals surface area (Å²) in [5.74, 6) is 0.385. The number of rotatable bonds is 9. The quantitative estimate of drug-likeness (QED) is 0.224. The minimum atomic E-state index is -1.27. The lowest BCUT2D eigenvalue weighted by Gasteiger charge is -2.29. The number of ether oxygens (including phenoxy) is 1. The number of fused-ring (bicyclic) bond motifs is 4. The molecular weight excluding hydrogens is 536 g/mol. The Balaban J connectivity index is 1.42. The molecule has 12 heteroatoms. The SMILES string of the molecule is CN1Cc2cn(C)nc2-c2cccc(Nc3cc(NC(=O)C4CC4)nc4c3c(=O)n(C)n4COCC[Si](C)(C)C)c21. The average Bonchev–Trinajstić information content (AvgIpc) is 3.64. The van der Waals surface area contributed by atoms with Crippen molar-refractivity contribution in [3.05, 3.63) is 46.4 Å². The topological polar surface area (TPSA) is 111 Å². The molecule has 0 bridgehead atoms. The summed E-state index contributed by atoms with van der Waals surface area (Å²) in [5.41, 5.74) is 5.84. The van der Waals surface area contributed by atoms with Gasteiger partial charge in [-0.3, -0.25) is 14.3 Å². The summed E-state index contributed by atoms with van der Waals surface area (Å²) in [5, 5.41) is 11.7. The molecule has 4 heterocycles. The van der Waals surface area contributed by atoms with E-state index in [0.717, 1.165) is 53.6 Å². The van der Waals surface area contributed by atoms with E-state index < -0.39 is 8.07 Å². The van der Waals surface area contributed by atoms with Crippen LogP contribution < -0.4 is 21.1 Å². The van der Waals surface area contributed by atoms with Crippen molar-refractivity contribution in [1.29, 1.82) is 0 Å². The first-order chi connectivity index (χ1) is 19.5. The predicted molar refractivity (Wildman–Crippen MR) is 164 cm³/mol. The standard InChI is InChI=1S/C29H38N8O3Si/c1-34-15-19-16-35(2)33-25(19)20-8-7-9-21(26(20)34)30-22-14-23(32-28(38)18-10-11-18)31-27-24(22)29(39)36(3)37(27)17-40-12-13-41(4,5)6/h7-9,14,16,18H,10-13,15,17H2,1-6H3,(H2,30,31,32,38). The van der Waals surface area contributed by atoms with Crippen LogP contribution in [0.2, 0.25) is 25.7 Å². The first-order valence-corrected chi connectivity index (χ1v) is 17.8. The number of hydrogen-bond donors (Lipinski definition) is 2. The number of hydrogen-bond acceptors (Lipinski definition) is 7. The van der Waals surface area contributed by atoms with E-state index >= 15 is 0 Å². The van der Waals surface area contributed by atoms with Crippen molar-refractivity contribution >= 4 is 47.9 Å². The van der Waals surface area contributed by atoms with Gasteiger partial charge in [0.15, 0.2) is 5.65 Å². The highest BCUT2D eigenvalue weighted by molar-refractivity contribution is 6.76. The van der Waals surface area contributed by atoms with E-state index in [9.17, 15) is 9.59 Å². The molecule has 0 atom stereocenters. The lowest BCUT2D eigenvalue weighted by Crippen LogP contribution is -2.24. The number of aryl methyl sites for hydroxylation is 1. The van der Waals surface area contributed by atoms with E-state index in [0.29, 0.717) is 29.1 Å². The third-order valence-corrected chi connectivity index (χ3v) is 9.48.